The van der Waals surface area contributed by atoms with Crippen LogP contribution >= 0.6 is 0 Å². The number of rotatable bonds is 11. The van der Waals surface area contributed by atoms with Crippen LogP contribution in [-0.4, -0.2) is 62.1 Å². The molecule has 9 heteroatoms. The number of hydrogen-bond donors (Lipinski definition) is 2. The highest BCUT2D eigenvalue weighted by atomic mass is 19.4. The van der Waals surface area contributed by atoms with Crippen LogP contribution in [0.2, 0.25) is 0 Å². The van der Waals surface area contributed by atoms with Gasteiger partial charge in [-0.05, 0) is 38.7 Å². The lowest BCUT2D eigenvalue weighted by Gasteiger charge is -2.10. The molecule has 37 heavy (non-hydrogen) atoms. The molecular formula is C28H52F3N5O. The highest BCUT2D eigenvalue weighted by Crippen LogP contribution is 2.14. The maximum absolute atomic E-state index is 12.1. The predicted octanol–water partition coefficient (Wildman–Crippen LogP) is 7.07. The van der Waals surface area contributed by atoms with Gasteiger partial charge in [0.1, 0.15) is 6.54 Å². The Morgan fingerprint density at radius 2 is 1.84 bits per heavy atom. The molecule has 0 amide bonds. The average molecular weight is 532 g/mol. The first kappa shape index (κ1) is 37.0. The van der Waals surface area contributed by atoms with E-state index in [-0.39, 0.29) is 6.04 Å². The lowest BCUT2D eigenvalue weighted by Crippen LogP contribution is -2.30. The van der Waals surface area contributed by atoms with Gasteiger partial charge in [0.2, 0.25) is 0 Å². The summed E-state index contributed by atoms with van der Waals surface area (Å²) in [5.74, 6) is 0.878. The quantitative estimate of drug-likeness (QED) is 0.182. The van der Waals surface area contributed by atoms with E-state index in [0.717, 1.165) is 32.2 Å². The Kier molecular flexibility index (Phi) is 24.2. The molecule has 2 heterocycles. The van der Waals surface area contributed by atoms with E-state index in [1.165, 1.54) is 44.5 Å². The van der Waals surface area contributed by atoms with E-state index in [9.17, 15) is 13.2 Å². The van der Waals surface area contributed by atoms with E-state index in [1.807, 2.05) is 33.8 Å². The minimum Gasteiger partial charge on any atom is -0.382 e. The maximum atomic E-state index is 12.1. The van der Waals surface area contributed by atoms with Crippen LogP contribution < -0.4 is 10.6 Å². The van der Waals surface area contributed by atoms with Crippen molar-refractivity contribution in [2.24, 2.45) is 10.9 Å². The third-order valence-electron chi connectivity index (χ3n) is 4.80. The van der Waals surface area contributed by atoms with Crippen LogP contribution in [0.15, 0.2) is 36.1 Å². The van der Waals surface area contributed by atoms with Gasteiger partial charge >= 0.3 is 6.18 Å². The summed E-state index contributed by atoms with van der Waals surface area (Å²) >= 11 is 0. The fourth-order valence-electron chi connectivity index (χ4n) is 2.91. The Hall–Kier alpha value is -2.13. The summed E-state index contributed by atoms with van der Waals surface area (Å²) in [4.78, 5) is 3.82. The second-order valence-electron chi connectivity index (χ2n) is 8.94. The van der Waals surface area contributed by atoms with Gasteiger partial charge in [0, 0.05) is 50.4 Å². The molecule has 0 aliphatic carbocycles. The standard InChI is InChI=1S/C12H17F3N4.C10H20.C4H9NO.C2H6/c1-9(2)19-5-4-11(18-19)10(6-16-3)7-17-8-12(13,14)15;1-4-5-6-7-8-9-10(2)3;1-3-6-4-2-5-1;1-2/h4-7,9,17H,8H2,1-3H3;4,10H,1,5-9H2,2-3H3;5H,1-4H2;1-2H3/b10-7+,16-6?;;;. The van der Waals surface area contributed by atoms with Gasteiger partial charge in [0.05, 0.1) is 18.9 Å². The topological polar surface area (TPSA) is 63.5 Å². The zero-order valence-corrected chi connectivity index (χ0v) is 24.2. The Labute approximate surface area is 223 Å². The van der Waals surface area contributed by atoms with Gasteiger partial charge in [0.25, 0.3) is 0 Å². The third-order valence-corrected chi connectivity index (χ3v) is 4.80. The molecule has 2 rings (SSSR count). The molecule has 0 saturated carbocycles. The normalized spacial score (nSPS) is 13.8. The van der Waals surface area contributed by atoms with Crippen LogP contribution in [0, 0.1) is 5.92 Å². The molecule has 0 radical (unpaired) electrons. The summed E-state index contributed by atoms with van der Waals surface area (Å²) in [5.41, 5.74) is 1.08. The molecule has 1 saturated heterocycles. The van der Waals surface area contributed by atoms with Crippen molar-refractivity contribution in [3.8, 4) is 0 Å². The van der Waals surface area contributed by atoms with Gasteiger partial charge in [-0.2, -0.15) is 18.3 Å². The highest BCUT2D eigenvalue weighted by molar-refractivity contribution is 6.08. The minimum absolute atomic E-state index is 0.191. The number of aliphatic imine (C=N–C) groups is 1. The second-order valence-corrected chi connectivity index (χ2v) is 8.94. The fourth-order valence-corrected chi connectivity index (χ4v) is 2.91. The van der Waals surface area contributed by atoms with E-state index >= 15 is 0 Å². The molecule has 216 valence electrons. The number of ether oxygens (including phenoxy) is 1. The van der Waals surface area contributed by atoms with Crippen molar-refractivity contribution in [3.63, 3.8) is 0 Å². The van der Waals surface area contributed by atoms with Crippen molar-refractivity contribution in [1.82, 2.24) is 20.4 Å². The largest absolute Gasteiger partial charge is 0.405 e. The van der Waals surface area contributed by atoms with Crippen molar-refractivity contribution in [2.75, 3.05) is 39.9 Å². The van der Waals surface area contributed by atoms with Crippen LogP contribution in [0.4, 0.5) is 13.2 Å². The number of morpholine rings is 1. The summed E-state index contributed by atoms with van der Waals surface area (Å²) in [6.45, 7) is 18.9. The number of allylic oxidation sites excluding steroid dienone is 2. The Morgan fingerprint density at radius 3 is 2.24 bits per heavy atom. The third kappa shape index (κ3) is 24.0. The molecule has 1 aliphatic rings. The lowest BCUT2D eigenvalue weighted by molar-refractivity contribution is -0.122. The first-order valence-electron chi connectivity index (χ1n) is 13.5. The molecule has 1 aromatic heterocycles. The summed E-state index contributed by atoms with van der Waals surface area (Å²) < 4.78 is 42.9. The molecule has 1 fully saturated rings. The predicted molar refractivity (Wildman–Crippen MR) is 152 cm³/mol. The molecule has 0 atom stereocenters. The number of hydrogen-bond acceptors (Lipinski definition) is 5. The minimum atomic E-state index is -4.25. The summed E-state index contributed by atoms with van der Waals surface area (Å²) in [6.07, 6.45) is 8.96. The van der Waals surface area contributed by atoms with E-state index < -0.39 is 12.7 Å². The zero-order valence-electron chi connectivity index (χ0n) is 24.2. The molecule has 0 spiro atoms. The molecule has 1 aromatic rings. The molecular weight excluding hydrogens is 479 g/mol. The van der Waals surface area contributed by atoms with Crippen LogP contribution in [-0.2, 0) is 4.74 Å². The fraction of sp³-hybridized carbons (Fsp3) is 0.714. The molecule has 0 unspecified atom stereocenters. The monoisotopic (exact) mass is 531 g/mol. The summed E-state index contributed by atoms with van der Waals surface area (Å²) in [5, 5.41) is 9.66. The first-order valence-corrected chi connectivity index (χ1v) is 13.5. The van der Waals surface area contributed by atoms with Crippen LogP contribution in [0.5, 0.6) is 0 Å². The zero-order chi connectivity index (χ0) is 28.5. The Bertz CT molecular complexity index is 697. The van der Waals surface area contributed by atoms with Crippen LogP contribution in [0.3, 0.4) is 0 Å². The summed E-state index contributed by atoms with van der Waals surface area (Å²) in [7, 11) is 1.55. The van der Waals surface area contributed by atoms with Crippen molar-refractivity contribution in [3.05, 3.63) is 36.8 Å². The van der Waals surface area contributed by atoms with Crippen LogP contribution in [0.25, 0.3) is 5.57 Å². The van der Waals surface area contributed by atoms with Gasteiger partial charge < -0.3 is 15.4 Å². The number of alkyl halides is 3. The van der Waals surface area contributed by atoms with Crippen molar-refractivity contribution in [1.29, 1.82) is 0 Å². The van der Waals surface area contributed by atoms with Gasteiger partial charge in [-0.1, -0.05) is 53.0 Å². The van der Waals surface area contributed by atoms with Crippen molar-refractivity contribution in [2.45, 2.75) is 85.9 Å². The molecule has 0 aromatic carbocycles. The maximum Gasteiger partial charge on any atom is 0.405 e. The van der Waals surface area contributed by atoms with E-state index in [1.54, 1.807) is 24.0 Å². The molecule has 2 N–H and O–H groups in total. The van der Waals surface area contributed by atoms with Crippen molar-refractivity contribution < 1.29 is 17.9 Å². The molecule has 6 nitrogen and oxygen atoms in total. The first-order chi connectivity index (χ1) is 17.6. The van der Waals surface area contributed by atoms with E-state index in [0.29, 0.717) is 11.3 Å². The van der Waals surface area contributed by atoms with Crippen molar-refractivity contribution >= 4 is 11.8 Å². The number of nitrogens with zero attached hydrogens (tertiary/aromatic N) is 3. The molecule has 1 aliphatic heterocycles. The van der Waals surface area contributed by atoms with Gasteiger partial charge in [-0.3, -0.25) is 9.67 Å². The van der Waals surface area contributed by atoms with E-state index in [2.05, 4.69) is 41.2 Å². The Morgan fingerprint density at radius 1 is 1.19 bits per heavy atom. The van der Waals surface area contributed by atoms with E-state index in [4.69, 9.17) is 4.74 Å². The second kappa shape index (κ2) is 24.2. The SMILES string of the molecule is C1COCCN1.C=CCCCCCC(C)C.CC.CN=C/C(=C\NCC(F)(F)F)c1ccn(C(C)C)n1. The number of halogens is 3. The number of nitrogens with one attached hydrogen (secondary N) is 2. The van der Waals surface area contributed by atoms with Gasteiger partial charge in [-0.15, -0.1) is 6.58 Å². The Balaban J connectivity index is 0. The van der Waals surface area contributed by atoms with Gasteiger partial charge in [0.15, 0.2) is 0 Å². The number of unbranched alkanes of at least 4 members (excludes halogenated alkanes) is 3. The average Bonchev–Trinajstić information content (AvgIpc) is 3.36. The van der Waals surface area contributed by atoms with Crippen LogP contribution in [0.1, 0.15) is 85.4 Å². The smallest absolute Gasteiger partial charge is 0.382 e. The summed E-state index contributed by atoms with van der Waals surface area (Å²) in [6, 6.07) is 1.93. The number of aromatic nitrogens is 2. The molecule has 0 bridgehead atoms. The van der Waals surface area contributed by atoms with Gasteiger partial charge in [-0.25, -0.2) is 0 Å². The lowest BCUT2D eigenvalue weighted by atomic mass is 10.0. The highest BCUT2D eigenvalue weighted by Gasteiger charge is 2.25.